The summed E-state index contributed by atoms with van der Waals surface area (Å²) in [6.45, 7) is 0. The fraction of sp³-hybridized carbons (Fsp3) is 0. The molecule has 0 amide bonds. The molecular weight excluding hydrogens is 241 g/mol. The first-order valence-electron chi connectivity index (χ1n) is 3.06. The molecule has 72 valence electrons. The van der Waals surface area contributed by atoms with Crippen LogP contribution in [0.3, 0.4) is 0 Å². The van der Waals surface area contributed by atoms with Crippen LogP contribution >= 0.6 is 11.6 Å². The van der Waals surface area contributed by atoms with E-state index in [-0.39, 0.29) is 40.3 Å². The molecule has 0 bridgehead atoms. The maximum Gasteiger partial charge on any atom is 1.00 e. The van der Waals surface area contributed by atoms with Crippen molar-refractivity contribution in [1.29, 1.82) is 0 Å². The van der Waals surface area contributed by atoms with Gasteiger partial charge in [0, 0.05) is 5.69 Å². The Kier molecular flexibility index (Phi) is 4.70. The van der Waals surface area contributed by atoms with E-state index in [4.69, 9.17) is 21.9 Å². The number of rotatable bonds is 1. The zero-order valence-electron chi connectivity index (χ0n) is 7.19. The van der Waals surface area contributed by atoms with Gasteiger partial charge in [0.2, 0.25) is 0 Å². The molecule has 0 aliphatic carbocycles. The second-order valence-electron chi connectivity index (χ2n) is 2.30. The molecule has 3 N–H and O–H groups in total. The third-order valence-corrected chi connectivity index (χ3v) is 2.66. The van der Waals surface area contributed by atoms with Crippen LogP contribution in [-0.2, 0) is 10.1 Å². The molecule has 8 heteroatoms. The van der Waals surface area contributed by atoms with E-state index in [1.165, 1.54) is 0 Å². The first kappa shape index (κ1) is 14.0. The number of nitrogen functional groups attached to an aromatic ring is 1. The van der Waals surface area contributed by atoms with Gasteiger partial charge in [-0.3, -0.25) is 4.55 Å². The molecule has 0 saturated carbocycles. The van der Waals surface area contributed by atoms with Crippen LogP contribution in [0.1, 0.15) is 0 Å². The van der Waals surface area contributed by atoms with Crippen LogP contribution in [-0.4, -0.2) is 13.0 Å². The molecule has 1 rings (SSSR count). The van der Waals surface area contributed by atoms with Crippen molar-refractivity contribution in [3.05, 3.63) is 17.2 Å². The summed E-state index contributed by atoms with van der Waals surface area (Å²) in [6.07, 6.45) is 0. The Morgan fingerprint density at radius 1 is 1.43 bits per heavy atom. The van der Waals surface area contributed by atoms with Gasteiger partial charge in [0.05, 0.1) is 5.02 Å². The summed E-state index contributed by atoms with van der Waals surface area (Å²) in [5.74, 6) is -0.586. The third-order valence-electron chi connectivity index (χ3n) is 1.34. The molecule has 1 aromatic carbocycles. The van der Waals surface area contributed by atoms with Gasteiger partial charge in [-0.15, -0.1) is 0 Å². The van der Waals surface area contributed by atoms with E-state index in [9.17, 15) is 13.5 Å². The maximum atomic E-state index is 10.8. The smallest absolute Gasteiger partial charge is 0.871 e. The minimum Gasteiger partial charge on any atom is -0.871 e. The molecule has 0 radical (unpaired) electrons. The van der Waals surface area contributed by atoms with Crippen molar-refractivity contribution in [1.82, 2.24) is 0 Å². The number of hydrogen-bond donors (Lipinski definition) is 2. The largest absolute Gasteiger partial charge is 1.00 e. The molecule has 0 fully saturated rings. The summed E-state index contributed by atoms with van der Waals surface area (Å²) < 4.78 is 29.9. The summed E-state index contributed by atoms with van der Waals surface area (Å²) in [4.78, 5) is -0.564. The predicted octanol–water partition coefficient (Wildman–Crippen LogP) is -2.75. The van der Waals surface area contributed by atoms with Gasteiger partial charge in [-0.2, -0.15) is 8.42 Å². The molecule has 0 saturated heterocycles. The minimum absolute atomic E-state index is 0. The van der Waals surface area contributed by atoms with E-state index >= 15 is 0 Å². The fourth-order valence-corrected chi connectivity index (χ4v) is 1.78. The second kappa shape index (κ2) is 4.69. The number of nitrogens with two attached hydrogens (primary N) is 1. The first-order chi connectivity index (χ1) is 5.82. The van der Waals surface area contributed by atoms with Crippen molar-refractivity contribution in [2.24, 2.45) is 0 Å². The van der Waals surface area contributed by atoms with Crippen LogP contribution in [0.25, 0.3) is 0 Å². The predicted molar refractivity (Wildman–Crippen MR) is 45.1 cm³/mol. The van der Waals surface area contributed by atoms with Crippen molar-refractivity contribution in [3.8, 4) is 5.75 Å². The van der Waals surface area contributed by atoms with Gasteiger partial charge in [0.15, 0.2) is 0 Å². The number of benzene rings is 1. The fourth-order valence-electron chi connectivity index (χ4n) is 0.749. The molecule has 0 aliphatic heterocycles. The van der Waals surface area contributed by atoms with Crippen molar-refractivity contribution >= 4 is 27.4 Å². The van der Waals surface area contributed by atoms with Crippen LogP contribution in [0.5, 0.6) is 5.75 Å². The summed E-state index contributed by atoms with van der Waals surface area (Å²) in [7, 11) is -4.42. The van der Waals surface area contributed by atoms with Gasteiger partial charge in [-0.05, 0) is 12.1 Å². The molecule has 0 atom stereocenters. The monoisotopic (exact) mass is 245 g/mol. The SMILES string of the molecule is Nc1cc(S(=O)(=O)O)c(Cl)cc1[O-].[Na+]. The molecule has 0 unspecified atom stereocenters. The van der Waals surface area contributed by atoms with E-state index in [1.54, 1.807) is 0 Å². The molecule has 0 aromatic heterocycles. The van der Waals surface area contributed by atoms with E-state index < -0.39 is 20.8 Å². The van der Waals surface area contributed by atoms with Crippen molar-refractivity contribution in [3.63, 3.8) is 0 Å². The van der Waals surface area contributed by atoms with Crippen molar-refractivity contribution < 1.29 is 47.6 Å². The van der Waals surface area contributed by atoms with Crippen LogP contribution in [0.4, 0.5) is 5.69 Å². The number of hydrogen-bond acceptors (Lipinski definition) is 4. The zero-order valence-corrected chi connectivity index (χ0v) is 10.8. The Labute approximate surface area is 108 Å². The van der Waals surface area contributed by atoms with E-state index in [0.29, 0.717) is 0 Å². The van der Waals surface area contributed by atoms with Crippen LogP contribution in [0.2, 0.25) is 5.02 Å². The molecule has 1 aromatic rings. The Morgan fingerprint density at radius 3 is 2.36 bits per heavy atom. The van der Waals surface area contributed by atoms with Gasteiger partial charge < -0.3 is 10.8 Å². The third kappa shape index (κ3) is 3.01. The average Bonchev–Trinajstić information content (AvgIpc) is 1.94. The van der Waals surface area contributed by atoms with Gasteiger partial charge in [0.1, 0.15) is 4.90 Å². The molecule has 0 heterocycles. The van der Waals surface area contributed by atoms with Crippen molar-refractivity contribution in [2.45, 2.75) is 4.90 Å². The van der Waals surface area contributed by atoms with Crippen molar-refractivity contribution in [2.75, 3.05) is 5.73 Å². The van der Waals surface area contributed by atoms with Gasteiger partial charge in [-0.1, -0.05) is 17.4 Å². The summed E-state index contributed by atoms with van der Waals surface area (Å²) in [5.41, 5.74) is 4.86. The summed E-state index contributed by atoms with van der Waals surface area (Å²) in [5, 5.41) is 10.5. The van der Waals surface area contributed by atoms with Crippen LogP contribution < -0.4 is 40.4 Å². The first-order valence-corrected chi connectivity index (χ1v) is 4.87. The standard InChI is InChI=1S/C6H6ClNO4S.Na/c7-3-1-5(9)4(8)2-6(3)13(10,11)12;/h1-2,9H,8H2,(H,10,11,12);/q;+1/p-1. The van der Waals surface area contributed by atoms with E-state index in [1.807, 2.05) is 0 Å². The Balaban J connectivity index is 0.00000169. The summed E-state index contributed by atoms with van der Waals surface area (Å²) in [6, 6.07) is 1.65. The number of halogens is 1. The molecule has 0 aliphatic rings. The Morgan fingerprint density at radius 2 is 1.93 bits per heavy atom. The maximum absolute atomic E-state index is 10.8. The topological polar surface area (TPSA) is 103 Å². The quantitative estimate of drug-likeness (QED) is 0.317. The Bertz CT molecular complexity index is 447. The number of anilines is 1. The van der Waals surface area contributed by atoms with Crippen LogP contribution in [0, 0.1) is 0 Å². The minimum atomic E-state index is -4.42. The second-order valence-corrected chi connectivity index (χ2v) is 4.09. The molecule has 14 heavy (non-hydrogen) atoms. The van der Waals surface area contributed by atoms with Gasteiger partial charge >= 0.3 is 29.6 Å². The van der Waals surface area contributed by atoms with Gasteiger partial charge in [-0.25, -0.2) is 0 Å². The van der Waals surface area contributed by atoms with Crippen LogP contribution in [0.15, 0.2) is 17.0 Å². The van der Waals surface area contributed by atoms with E-state index in [2.05, 4.69) is 0 Å². The zero-order chi connectivity index (χ0) is 10.2. The van der Waals surface area contributed by atoms with E-state index in [0.717, 1.165) is 12.1 Å². The van der Waals surface area contributed by atoms with Gasteiger partial charge in [0.25, 0.3) is 10.1 Å². The molecule has 0 spiro atoms. The summed E-state index contributed by atoms with van der Waals surface area (Å²) >= 11 is 5.39. The molecule has 5 nitrogen and oxygen atoms in total. The molecular formula is C6H5ClNNaO4S. The normalized spacial score (nSPS) is 10.7. The Hall–Kier alpha value is 0.0200. The average molecular weight is 246 g/mol.